The Balaban J connectivity index is 1.42. The summed E-state index contributed by atoms with van der Waals surface area (Å²) in [5.74, 6) is -4.14. The number of carbonyl (C=O) groups excluding carboxylic acids is 7. The number of nitrogens with one attached hydrogen (secondary N) is 7. The zero-order valence-electron chi connectivity index (χ0n) is 30.0. The minimum Gasteiger partial charge on any atom is -0.497 e. The fraction of sp³-hybridized carbons (Fsp3) is 0.432. The van der Waals surface area contributed by atoms with Gasteiger partial charge in [0.1, 0.15) is 29.9 Å². The number of rotatable bonds is 6. The summed E-state index contributed by atoms with van der Waals surface area (Å²) >= 11 is 0. The lowest BCUT2D eigenvalue weighted by atomic mass is 10.0. The van der Waals surface area contributed by atoms with Crippen LogP contribution in [0.15, 0.2) is 54.7 Å². The monoisotopic (exact) mass is 730 g/mol. The maximum atomic E-state index is 14.2. The minimum absolute atomic E-state index is 0.0425. The standard InChI is InChI=1S/C37H46N8O8/c1-21(2)33-36(51)41-19-30(46)42-27(15-22-10-12-24(53-3)13-11-22)34(49)39-18-31(47)43-28(16-23-17-38-26-8-5-4-7-25(23)26)37(52)45-14-6-9-29(45)35(50)40-20-32(48)44-33/h4-5,7-8,10-13,17,21,27-29,33,38H,6,9,14-16,18-20H2,1-3H3,(H,39,49)(H,40,50)(H,41,51)(H,42,46)(H,43,47)(H,44,48)/t27-,28-,29-,33-/m0/s1. The molecule has 0 aliphatic carbocycles. The summed E-state index contributed by atoms with van der Waals surface area (Å²) in [6.07, 6.45) is 2.76. The van der Waals surface area contributed by atoms with Crippen LogP contribution in [0.4, 0.5) is 0 Å². The molecule has 16 nitrogen and oxygen atoms in total. The zero-order valence-corrected chi connectivity index (χ0v) is 30.0. The summed E-state index contributed by atoms with van der Waals surface area (Å²) in [4.78, 5) is 98.1. The normalized spacial score (nSPS) is 22.9. The average Bonchev–Trinajstić information content (AvgIpc) is 3.81. The summed E-state index contributed by atoms with van der Waals surface area (Å²) in [5.41, 5.74) is 2.28. The van der Waals surface area contributed by atoms with Gasteiger partial charge in [0, 0.05) is 36.5 Å². The molecule has 3 aromatic rings. The van der Waals surface area contributed by atoms with E-state index in [1.807, 2.05) is 24.3 Å². The fourth-order valence-corrected chi connectivity index (χ4v) is 6.53. The van der Waals surface area contributed by atoms with Gasteiger partial charge < -0.3 is 46.5 Å². The predicted molar refractivity (Wildman–Crippen MR) is 193 cm³/mol. The molecule has 3 heterocycles. The number of ether oxygens (including phenoxy) is 1. The van der Waals surface area contributed by atoms with E-state index in [4.69, 9.17) is 4.74 Å². The molecule has 0 unspecified atom stereocenters. The van der Waals surface area contributed by atoms with Gasteiger partial charge in [-0.2, -0.15) is 0 Å². The molecular weight excluding hydrogens is 684 g/mol. The molecule has 53 heavy (non-hydrogen) atoms. The Morgan fingerprint density at radius 3 is 2.04 bits per heavy atom. The first-order valence-corrected chi connectivity index (χ1v) is 17.6. The molecule has 7 N–H and O–H groups in total. The molecule has 5 rings (SSSR count). The number of para-hydroxylation sites is 1. The van der Waals surface area contributed by atoms with E-state index in [1.54, 1.807) is 44.3 Å². The number of nitrogens with zero attached hydrogens (tertiary/aromatic N) is 1. The van der Waals surface area contributed by atoms with Crippen molar-refractivity contribution in [1.82, 2.24) is 41.8 Å². The highest BCUT2D eigenvalue weighted by Gasteiger charge is 2.38. The van der Waals surface area contributed by atoms with Gasteiger partial charge >= 0.3 is 0 Å². The highest BCUT2D eigenvalue weighted by atomic mass is 16.5. The number of amides is 7. The number of hydrogen-bond acceptors (Lipinski definition) is 8. The Bertz CT molecular complexity index is 1840. The zero-order chi connectivity index (χ0) is 38.1. The Morgan fingerprint density at radius 2 is 1.36 bits per heavy atom. The van der Waals surface area contributed by atoms with E-state index in [-0.39, 0.29) is 25.3 Å². The van der Waals surface area contributed by atoms with E-state index in [9.17, 15) is 33.6 Å². The fourth-order valence-electron chi connectivity index (χ4n) is 6.53. The van der Waals surface area contributed by atoms with Crippen molar-refractivity contribution in [3.05, 3.63) is 65.9 Å². The molecular formula is C37H46N8O8. The van der Waals surface area contributed by atoms with E-state index in [0.717, 1.165) is 16.5 Å². The maximum Gasteiger partial charge on any atom is 0.246 e. The molecule has 0 radical (unpaired) electrons. The molecule has 2 saturated heterocycles. The van der Waals surface area contributed by atoms with Crippen molar-refractivity contribution in [1.29, 1.82) is 0 Å². The van der Waals surface area contributed by atoms with E-state index in [1.165, 1.54) is 12.0 Å². The highest BCUT2D eigenvalue weighted by Crippen LogP contribution is 2.23. The van der Waals surface area contributed by atoms with Crippen molar-refractivity contribution in [3.63, 3.8) is 0 Å². The summed E-state index contributed by atoms with van der Waals surface area (Å²) in [6.45, 7) is 2.20. The van der Waals surface area contributed by atoms with E-state index >= 15 is 0 Å². The van der Waals surface area contributed by atoms with Crippen molar-refractivity contribution >= 4 is 52.3 Å². The first-order chi connectivity index (χ1) is 25.4. The molecule has 16 heteroatoms. The number of aromatic nitrogens is 1. The SMILES string of the molecule is COc1ccc(C[C@@H]2NC(=O)CNC(=O)[C@H](C(C)C)NC(=O)CNC(=O)[C@@H]3CCCN3C(=O)[C@H](Cc3c[nH]c4ccccc34)NC(=O)CNC2=O)cc1. The maximum absolute atomic E-state index is 14.2. The molecule has 1 aromatic heterocycles. The molecule has 0 bridgehead atoms. The summed E-state index contributed by atoms with van der Waals surface area (Å²) in [5, 5.41) is 16.5. The van der Waals surface area contributed by atoms with Crippen molar-refractivity contribution in [2.75, 3.05) is 33.3 Å². The van der Waals surface area contributed by atoms with Crippen LogP contribution in [-0.2, 0) is 46.4 Å². The number of fused-ring (bicyclic) bond motifs is 2. The molecule has 0 spiro atoms. The Labute approximate surface area is 306 Å². The second-order valence-corrected chi connectivity index (χ2v) is 13.5. The van der Waals surface area contributed by atoms with Crippen LogP contribution in [0.1, 0.15) is 37.8 Å². The minimum atomic E-state index is -1.15. The van der Waals surface area contributed by atoms with Gasteiger partial charge in [-0.15, -0.1) is 0 Å². The average molecular weight is 731 g/mol. The quantitative estimate of drug-likeness (QED) is 0.174. The van der Waals surface area contributed by atoms with Crippen LogP contribution in [-0.4, -0.2) is 109 Å². The molecule has 0 saturated carbocycles. The Hall–Kier alpha value is -5.93. The Morgan fingerprint density at radius 1 is 0.736 bits per heavy atom. The third kappa shape index (κ3) is 9.90. The number of benzene rings is 2. The molecule has 2 aliphatic rings. The first-order valence-electron chi connectivity index (χ1n) is 17.6. The van der Waals surface area contributed by atoms with Gasteiger partial charge in [-0.05, 0) is 48.1 Å². The molecule has 4 atom stereocenters. The summed E-state index contributed by atoms with van der Waals surface area (Å²) in [6, 6.07) is 10.2. The molecule has 7 amide bonds. The third-order valence-electron chi connectivity index (χ3n) is 9.36. The summed E-state index contributed by atoms with van der Waals surface area (Å²) in [7, 11) is 1.52. The number of H-pyrrole nitrogens is 1. The van der Waals surface area contributed by atoms with Gasteiger partial charge in [-0.3, -0.25) is 33.6 Å². The topological polar surface area (TPSA) is 220 Å². The largest absolute Gasteiger partial charge is 0.497 e. The van der Waals surface area contributed by atoms with Gasteiger partial charge in [0.15, 0.2) is 0 Å². The number of carbonyl (C=O) groups is 7. The molecule has 282 valence electrons. The van der Waals surface area contributed by atoms with Crippen molar-refractivity contribution in [2.45, 2.75) is 63.7 Å². The van der Waals surface area contributed by atoms with Crippen LogP contribution in [0.25, 0.3) is 10.9 Å². The predicted octanol–water partition coefficient (Wildman–Crippen LogP) is -0.575. The van der Waals surface area contributed by atoms with Crippen LogP contribution in [0, 0.1) is 5.92 Å². The van der Waals surface area contributed by atoms with Crippen LogP contribution in [0.2, 0.25) is 0 Å². The van der Waals surface area contributed by atoms with Crippen LogP contribution >= 0.6 is 0 Å². The Kier molecular flexibility index (Phi) is 12.7. The third-order valence-corrected chi connectivity index (χ3v) is 9.36. The molecule has 2 aliphatic heterocycles. The second kappa shape index (κ2) is 17.5. The molecule has 2 fully saturated rings. The number of hydrogen-bond donors (Lipinski definition) is 7. The van der Waals surface area contributed by atoms with Crippen molar-refractivity contribution in [2.24, 2.45) is 5.92 Å². The number of aromatic amines is 1. The van der Waals surface area contributed by atoms with E-state index < -0.39 is 85.2 Å². The van der Waals surface area contributed by atoms with Gasteiger partial charge in [0.2, 0.25) is 41.4 Å². The second-order valence-electron chi connectivity index (χ2n) is 13.5. The van der Waals surface area contributed by atoms with Crippen LogP contribution in [0.5, 0.6) is 5.75 Å². The van der Waals surface area contributed by atoms with Crippen molar-refractivity contribution in [3.8, 4) is 5.75 Å². The lowest BCUT2D eigenvalue weighted by Gasteiger charge is -2.29. The smallest absolute Gasteiger partial charge is 0.246 e. The van der Waals surface area contributed by atoms with Gasteiger partial charge in [-0.1, -0.05) is 44.2 Å². The van der Waals surface area contributed by atoms with Crippen LogP contribution < -0.4 is 36.6 Å². The highest BCUT2D eigenvalue weighted by molar-refractivity contribution is 5.97. The van der Waals surface area contributed by atoms with Gasteiger partial charge in [0.25, 0.3) is 0 Å². The van der Waals surface area contributed by atoms with Crippen LogP contribution in [0.3, 0.4) is 0 Å². The summed E-state index contributed by atoms with van der Waals surface area (Å²) < 4.78 is 5.21. The molecule has 2 aromatic carbocycles. The van der Waals surface area contributed by atoms with Gasteiger partial charge in [-0.25, -0.2) is 0 Å². The van der Waals surface area contributed by atoms with Crippen molar-refractivity contribution < 1.29 is 38.3 Å². The first kappa shape index (κ1) is 38.3. The van der Waals surface area contributed by atoms with E-state index in [0.29, 0.717) is 24.2 Å². The van der Waals surface area contributed by atoms with E-state index in [2.05, 4.69) is 36.9 Å². The lowest BCUT2D eigenvalue weighted by molar-refractivity contribution is -0.141. The van der Waals surface area contributed by atoms with Gasteiger partial charge in [0.05, 0.1) is 26.7 Å². The number of methoxy groups -OCH3 is 1. The lowest BCUT2D eigenvalue weighted by Crippen LogP contribution is -2.56.